The minimum atomic E-state index is -3.96. The van der Waals surface area contributed by atoms with Gasteiger partial charge < -0.3 is 4.90 Å². The number of benzene rings is 2. The molecule has 0 fully saturated rings. The molecule has 0 aliphatic rings. The molecule has 1 amide bonds. The Kier molecular flexibility index (Phi) is 5.75. The third-order valence-corrected chi connectivity index (χ3v) is 4.74. The third-order valence-electron chi connectivity index (χ3n) is 3.47. The standard InChI is InChI=1S/C18H21NO4S/c1-14(2)19(16-7-5-4-6-8-16)18(20)13-23-24(21,22)17-11-9-15(3)10-12-17/h4-12,14H,13H2,1-3H3. The van der Waals surface area contributed by atoms with Crippen LogP contribution in [-0.2, 0) is 19.1 Å². The summed E-state index contributed by atoms with van der Waals surface area (Å²) < 4.78 is 29.3. The molecule has 6 heteroatoms. The Morgan fingerprint density at radius 3 is 2.17 bits per heavy atom. The van der Waals surface area contributed by atoms with Crippen molar-refractivity contribution in [3.8, 4) is 0 Å². The maximum Gasteiger partial charge on any atom is 0.297 e. The highest BCUT2D eigenvalue weighted by atomic mass is 32.2. The smallest absolute Gasteiger partial charge is 0.297 e. The number of hydrogen-bond donors (Lipinski definition) is 0. The minimum absolute atomic E-state index is 0.0386. The second kappa shape index (κ2) is 7.59. The van der Waals surface area contributed by atoms with Crippen LogP contribution in [0, 0.1) is 6.92 Å². The van der Waals surface area contributed by atoms with Crippen LogP contribution in [0.25, 0.3) is 0 Å². The van der Waals surface area contributed by atoms with Gasteiger partial charge in [0, 0.05) is 11.7 Å². The Labute approximate surface area is 143 Å². The molecule has 0 aliphatic carbocycles. The topological polar surface area (TPSA) is 63.7 Å². The molecule has 0 atom stereocenters. The predicted molar refractivity (Wildman–Crippen MR) is 93.4 cm³/mol. The Morgan fingerprint density at radius 2 is 1.62 bits per heavy atom. The fraction of sp³-hybridized carbons (Fsp3) is 0.278. The number of hydrogen-bond acceptors (Lipinski definition) is 4. The molecule has 24 heavy (non-hydrogen) atoms. The normalized spacial score (nSPS) is 11.5. The highest BCUT2D eigenvalue weighted by Gasteiger charge is 2.23. The number of carbonyl (C=O) groups excluding carboxylic acids is 1. The monoisotopic (exact) mass is 347 g/mol. The second-order valence-corrected chi connectivity index (χ2v) is 7.34. The summed E-state index contributed by atoms with van der Waals surface area (Å²) in [6.07, 6.45) is 0. The van der Waals surface area contributed by atoms with Gasteiger partial charge in [0.15, 0.2) is 0 Å². The molecule has 0 spiro atoms. The summed E-state index contributed by atoms with van der Waals surface area (Å²) in [7, 11) is -3.96. The van der Waals surface area contributed by atoms with Gasteiger partial charge in [-0.25, -0.2) is 0 Å². The highest BCUT2D eigenvalue weighted by molar-refractivity contribution is 7.86. The Hall–Kier alpha value is -2.18. The zero-order valence-corrected chi connectivity index (χ0v) is 14.8. The van der Waals surface area contributed by atoms with Gasteiger partial charge in [0.05, 0.1) is 4.90 Å². The van der Waals surface area contributed by atoms with Crippen molar-refractivity contribution in [2.24, 2.45) is 0 Å². The van der Waals surface area contributed by atoms with E-state index in [1.165, 1.54) is 17.0 Å². The summed E-state index contributed by atoms with van der Waals surface area (Å²) in [6, 6.07) is 15.3. The van der Waals surface area contributed by atoms with Crippen LogP contribution in [0.3, 0.4) is 0 Å². The number of carbonyl (C=O) groups is 1. The summed E-state index contributed by atoms with van der Waals surface area (Å²) in [5.74, 6) is -0.410. The molecule has 2 aromatic rings. The summed E-state index contributed by atoms with van der Waals surface area (Å²) in [4.78, 5) is 14.0. The molecule has 0 heterocycles. The van der Waals surface area contributed by atoms with E-state index in [4.69, 9.17) is 4.18 Å². The molecule has 0 aromatic heterocycles. The lowest BCUT2D eigenvalue weighted by atomic mass is 10.2. The molecule has 0 N–H and O–H groups in total. The van der Waals surface area contributed by atoms with Gasteiger partial charge in [0.1, 0.15) is 6.61 Å². The molecule has 0 unspecified atom stereocenters. The van der Waals surface area contributed by atoms with Crippen LogP contribution in [-0.4, -0.2) is 27.0 Å². The van der Waals surface area contributed by atoms with E-state index in [1.807, 2.05) is 39.0 Å². The summed E-state index contributed by atoms with van der Waals surface area (Å²) >= 11 is 0. The van der Waals surface area contributed by atoms with Crippen molar-refractivity contribution < 1.29 is 17.4 Å². The maximum atomic E-state index is 12.5. The van der Waals surface area contributed by atoms with E-state index in [0.29, 0.717) is 5.69 Å². The van der Waals surface area contributed by atoms with Gasteiger partial charge in [-0.3, -0.25) is 8.98 Å². The fourth-order valence-electron chi connectivity index (χ4n) is 2.29. The average Bonchev–Trinajstić information content (AvgIpc) is 2.54. The quantitative estimate of drug-likeness (QED) is 0.753. The van der Waals surface area contributed by atoms with Crippen molar-refractivity contribution >= 4 is 21.7 Å². The van der Waals surface area contributed by atoms with Gasteiger partial charge >= 0.3 is 0 Å². The zero-order chi connectivity index (χ0) is 17.7. The van der Waals surface area contributed by atoms with Crippen molar-refractivity contribution in [3.63, 3.8) is 0 Å². The van der Waals surface area contributed by atoms with Gasteiger partial charge in [-0.15, -0.1) is 0 Å². The minimum Gasteiger partial charge on any atom is -0.308 e. The van der Waals surface area contributed by atoms with Crippen LogP contribution in [0.5, 0.6) is 0 Å². The summed E-state index contributed by atoms with van der Waals surface area (Å²) in [5, 5.41) is 0. The molecule has 0 saturated carbocycles. The van der Waals surface area contributed by atoms with Crippen molar-refractivity contribution in [1.29, 1.82) is 0 Å². The van der Waals surface area contributed by atoms with Gasteiger partial charge in [0.25, 0.3) is 16.0 Å². The Morgan fingerprint density at radius 1 is 1.04 bits per heavy atom. The number of nitrogens with zero attached hydrogens (tertiary/aromatic N) is 1. The molecular weight excluding hydrogens is 326 g/mol. The van der Waals surface area contributed by atoms with Crippen molar-refractivity contribution in [2.75, 3.05) is 11.5 Å². The van der Waals surface area contributed by atoms with Crippen LogP contribution in [0.2, 0.25) is 0 Å². The maximum absolute atomic E-state index is 12.5. The zero-order valence-electron chi connectivity index (χ0n) is 14.0. The van der Waals surface area contributed by atoms with Gasteiger partial charge in [-0.2, -0.15) is 8.42 Å². The molecular formula is C18H21NO4S. The molecule has 128 valence electrons. The molecule has 2 rings (SSSR count). The largest absolute Gasteiger partial charge is 0.308 e. The summed E-state index contributed by atoms with van der Waals surface area (Å²) in [5.41, 5.74) is 1.65. The van der Waals surface area contributed by atoms with Crippen molar-refractivity contribution in [1.82, 2.24) is 0 Å². The number of amides is 1. The van der Waals surface area contributed by atoms with Gasteiger partial charge in [-0.1, -0.05) is 35.9 Å². The van der Waals surface area contributed by atoms with Crippen LogP contribution in [0.1, 0.15) is 19.4 Å². The molecule has 2 aromatic carbocycles. The van der Waals surface area contributed by atoms with Gasteiger partial charge in [-0.05, 0) is 45.0 Å². The predicted octanol–water partition coefficient (Wildman–Crippen LogP) is 3.14. The number of para-hydroxylation sites is 1. The van der Waals surface area contributed by atoms with E-state index >= 15 is 0 Å². The molecule has 5 nitrogen and oxygen atoms in total. The molecule has 0 bridgehead atoms. The number of rotatable bonds is 6. The van der Waals surface area contributed by atoms with E-state index < -0.39 is 22.6 Å². The van der Waals surface area contributed by atoms with Crippen LogP contribution >= 0.6 is 0 Å². The van der Waals surface area contributed by atoms with E-state index in [9.17, 15) is 13.2 Å². The number of aryl methyl sites for hydroxylation is 1. The van der Waals surface area contributed by atoms with E-state index in [2.05, 4.69) is 0 Å². The highest BCUT2D eigenvalue weighted by Crippen LogP contribution is 2.18. The second-order valence-electron chi connectivity index (χ2n) is 5.72. The first-order valence-electron chi connectivity index (χ1n) is 7.64. The van der Waals surface area contributed by atoms with E-state index in [-0.39, 0.29) is 10.9 Å². The van der Waals surface area contributed by atoms with Crippen molar-refractivity contribution in [2.45, 2.75) is 31.7 Å². The van der Waals surface area contributed by atoms with Crippen LogP contribution in [0.4, 0.5) is 5.69 Å². The average molecular weight is 347 g/mol. The SMILES string of the molecule is Cc1ccc(S(=O)(=O)OCC(=O)N(c2ccccc2)C(C)C)cc1. The Bertz CT molecular complexity index is 784. The lowest BCUT2D eigenvalue weighted by Gasteiger charge is -2.26. The van der Waals surface area contributed by atoms with Crippen LogP contribution < -0.4 is 4.90 Å². The first kappa shape index (κ1) is 18.2. The van der Waals surface area contributed by atoms with E-state index in [0.717, 1.165) is 5.56 Å². The Balaban J connectivity index is 2.12. The molecule has 0 saturated heterocycles. The summed E-state index contributed by atoms with van der Waals surface area (Å²) in [6.45, 7) is 5.04. The first-order chi connectivity index (χ1) is 11.3. The first-order valence-corrected chi connectivity index (χ1v) is 9.05. The number of anilines is 1. The molecule has 0 aliphatic heterocycles. The van der Waals surface area contributed by atoms with Gasteiger partial charge in [0.2, 0.25) is 0 Å². The molecule has 0 radical (unpaired) electrons. The lowest BCUT2D eigenvalue weighted by molar-refractivity contribution is -0.120. The van der Waals surface area contributed by atoms with Crippen molar-refractivity contribution in [3.05, 3.63) is 60.2 Å². The lowest BCUT2D eigenvalue weighted by Crippen LogP contribution is -2.39. The fourth-order valence-corrected chi connectivity index (χ4v) is 3.15. The van der Waals surface area contributed by atoms with Crippen LogP contribution in [0.15, 0.2) is 59.5 Å². The third kappa shape index (κ3) is 4.43. The van der Waals surface area contributed by atoms with E-state index in [1.54, 1.807) is 24.3 Å².